The maximum absolute atomic E-state index is 13.0. The van der Waals surface area contributed by atoms with E-state index in [0.29, 0.717) is 5.02 Å². The van der Waals surface area contributed by atoms with Crippen LogP contribution < -0.4 is 10.1 Å². The number of methoxy groups -OCH3 is 1. The van der Waals surface area contributed by atoms with Crippen LogP contribution in [-0.4, -0.2) is 33.2 Å². The molecule has 3 aromatic rings. The number of anilines is 1. The lowest BCUT2D eigenvalue weighted by atomic mass is 10.2. The zero-order valence-corrected chi connectivity index (χ0v) is 14.8. The van der Waals surface area contributed by atoms with E-state index >= 15 is 0 Å². The number of ether oxygens (including phenoxy) is 1. The van der Waals surface area contributed by atoms with E-state index < -0.39 is 17.8 Å². The summed E-state index contributed by atoms with van der Waals surface area (Å²) in [6.45, 7) is 1.25. The fraction of sp³-hybridized carbons (Fsp3) is 0.188. The number of alkyl halides is 3. The first kappa shape index (κ1) is 18.8. The van der Waals surface area contributed by atoms with Crippen molar-refractivity contribution in [3.8, 4) is 17.3 Å². The molecule has 0 spiro atoms. The van der Waals surface area contributed by atoms with Crippen molar-refractivity contribution in [2.45, 2.75) is 13.1 Å². The fourth-order valence-electron chi connectivity index (χ4n) is 2.46. The summed E-state index contributed by atoms with van der Waals surface area (Å²) in [6, 6.07) is 4.50. The lowest BCUT2D eigenvalue weighted by molar-refractivity contribution is -0.141. The summed E-state index contributed by atoms with van der Waals surface area (Å²) < 4.78 is 44.0. The van der Waals surface area contributed by atoms with Gasteiger partial charge < -0.3 is 15.0 Å². The molecule has 0 fully saturated rings. The van der Waals surface area contributed by atoms with Crippen LogP contribution in [0.1, 0.15) is 21.7 Å². The minimum absolute atomic E-state index is 0.0999. The molecule has 1 amide bonds. The molecule has 11 heteroatoms. The van der Waals surface area contributed by atoms with Gasteiger partial charge in [0.05, 0.1) is 24.6 Å². The van der Waals surface area contributed by atoms with Gasteiger partial charge in [-0.3, -0.25) is 9.89 Å². The number of nitrogens with one attached hydrogen (secondary N) is 3. The molecule has 7 nitrogen and oxygen atoms in total. The number of imidazole rings is 1. The lowest BCUT2D eigenvalue weighted by Crippen LogP contribution is -2.13. The zero-order valence-electron chi connectivity index (χ0n) is 14.0. The monoisotopic (exact) mass is 399 g/mol. The molecule has 0 radical (unpaired) electrons. The number of carbonyl (C=O) groups excluding carboxylic acids is 1. The molecular formula is C16H13ClF3N5O2. The Labute approximate surface area is 155 Å². The largest absolute Gasteiger partial charge is 0.496 e. The van der Waals surface area contributed by atoms with Crippen LogP contribution in [0, 0.1) is 6.92 Å². The van der Waals surface area contributed by atoms with Crippen LogP contribution in [-0.2, 0) is 6.18 Å². The maximum atomic E-state index is 13.0. The molecule has 3 rings (SSSR count). The molecule has 2 aromatic heterocycles. The van der Waals surface area contributed by atoms with Crippen LogP contribution in [0.5, 0.6) is 5.75 Å². The number of hydrogen-bond acceptors (Lipinski definition) is 4. The summed E-state index contributed by atoms with van der Waals surface area (Å²) >= 11 is 5.91. The van der Waals surface area contributed by atoms with Crippen LogP contribution in [0.15, 0.2) is 24.4 Å². The normalized spacial score (nSPS) is 11.5. The Balaban J connectivity index is 1.93. The highest BCUT2D eigenvalue weighted by molar-refractivity contribution is 6.31. The Morgan fingerprint density at radius 3 is 2.70 bits per heavy atom. The zero-order chi connectivity index (χ0) is 19.8. The SMILES string of the molecule is COc1ccc(Cl)cc1C(=O)Nc1cn[nH]c1-c1nc(C(F)(F)F)c(C)[nH]1. The van der Waals surface area contributed by atoms with Gasteiger partial charge in [-0.1, -0.05) is 11.6 Å². The number of aromatic amines is 2. The quantitative estimate of drug-likeness (QED) is 0.617. The molecule has 0 aliphatic heterocycles. The minimum atomic E-state index is -4.60. The third-order valence-corrected chi connectivity index (χ3v) is 3.92. The fourth-order valence-corrected chi connectivity index (χ4v) is 2.64. The van der Waals surface area contributed by atoms with Crippen LogP contribution in [0.4, 0.5) is 18.9 Å². The summed E-state index contributed by atoms with van der Waals surface area (Å²) in [5.41, 5.74) is -0.794. The number of amides is 1. The van der Waals surface area contributed by atoms with Crippen LogP contribution in [0.2, 0.25) is 5.02 Å². The van der Waals surface area contributed by atoms with Gasteiger partial charge in [0.1, 0.15) is 11.4 Å². The lowest BCUT2D eigenvalue weighted by Gasteiger charge is -2.09. The van der Waals surface area contributed by atoms with Crippen LogP contribution >= 0.6 is 11.6 Å². The van der Waals surface area contributed by atoms with Gasteiger partial charge in [-0.25, -0.2) is 4.98 Å². The van der Waals surface area contributed by atoms with Crippen molar-refractivity contribution in [3.63, 3.8) is 0 Å². The number of nitrogens with zero attached hydrogens (tertiary/aromatic N) is 2. The van der Waals surface area contributed by atoms with E-state index in [4.69, 9.17) is 16.3 Å². The Bertz CT molecular complexity index is 996. The van der Waals surface area contributed by atoms with E-state index in [1.807, 2.05) is 0 Å². The van der Waals surface area contributed by atoms with Crippen molar-refractivity contribution >= 4 is 23.2 Å². The minimum Gasteiger partial charge on any atom is -0.496 e. The predicted molar refractivity (Wildman–Crippen MR) is 91.9 cm³/mol. The van der Waals surface area contributed by atoms with Gasteiger partial charge in [0.15, 0.2) is 11.5 Å². The van der Waals surface area contributed by atoms with Gasteiger partial charge in [-0.15, -0.1) is 0 Å². The van der Waals surface area contributed by atoms with Crippen LogP contribution in [0.3, 0.4) is 0 Å². The average molecular weight is 400 g/mol. The third kappa shape index (κ3) is 3.75. The number of halogens is 4. The van der Waals surface area contributed by atoms with Crippen molar-refractivity contribution < 1.29 is 22.7 Å². The number of hydrogen-bond donors (Lipinski definition) is 3. The molecule has 0 atom stereocenters. The molecule has 0 bridgehead atoms. The highest BCUT2D eigenvalue weighted by Gasteiger charge is 2.36. The highest BCUT2D eigenvalue weighted by Crippen LogP contribution is 2.33. The second-order valence-corrected chi connectivity index (χ2v) is 5.95. The summed E-state index contributed by atoms with van der Waals surface area (Å²) in [4.78, 5) is 18.7. The van der Waals surface area contributed by atoms with Crippen molar-refractivity contribution in [2.75, 3.05) is 12.4 Å². The predicted octanol–water partition coefficient (Wildman–Crippen LogP) is 4.04. The van der Waals surface area contributed by atoms with E-state index in [9.17, 15) is 18.0 Å². The molecule has 0 saturated heterocycles. The van der Waals surface area contributed by atoms with Gasteiger partial charge in [-0.2, -0.15) is 18.3 Å². The van der Waals surface area contributed by atoms with E-state index in [1.54, 1.807) is 6.07 Å². The number of carbonyl (C=O) groups is 1. The molecule has 0 aliphatic rings. The second-order valence-electron chi connectivity index (χ2n) is 5.51. The number of rotatable bonds is 4. The summed E-state index contributed by atoms with van der Waals surface area (Å²) in [5.74, 6) is -0.392. The van der Waals surface area contributed by atoms with Gasteiger partial charge in [0.25, 0.3) is 5.91 Å². The smallest absolute Gasteiger partial charge is 0.435 e. The molecule has 0 saturated carbocycles. The van der Waals surface area contributed by atoms with Crippen molar-refractivity contribution in [2.24, 2.45) is 0 Å². The highest BCUT2D eigenvalue weighted by atomic mass is 35.5. The van der Waals surface area contributed by atoms with Gasteiger partial charge in [0.2, 0.25) is 0 Å². The van der Waals surface area contributed by atoms with E-state index in [2.05, 4.69) is 25.5 Å². The number of H-pyrrole nitrogens is 2. The molecule has 2 heterocycles. The first-order valence-electron chi connectivity index (χ1n) is 7.53. The molecule has 1 aromatic carbocycles. The summed E-state index contributed by atoms with van der Waals surface area (Å²) in [6.07, 6.45) is -3.34. The van der Waals surface area contributed by atoms with E-state index in [0.717, 1.165) is 0 Å². The van der Waals surface area contributed by atoms with Crippen molar-refractivity contribution in [3.05, 3.63) is 46.4 Å². The Morgan fingerprint density at radius 1 is 1.33 bits per heavy atom. The standard InChI is InChI=1S/C16H13ClF3N5O2/c1-7-13(16(18,19)20)24-14(22-7)12-10(6-21-25-12)23-15(26)9-5-8(17)3-4-11(9)27-2/h3-6H,1-2H3,(H,21,25)(H,22,24)(H,23,26). The van der Waals surface area contributed by atoms with Crippen molar-refractivity contribution in [1.29, 1.82) is 0 Å². The van der Waals surface area contributed by atoms with Crippen molar-refractivity contribution in [1.82, 2.24) is 20.2 Å². The maximum Gasteiger partial charge on any atom is 0.435 e. The second kappa shape index (κ2) is 6.95. The molecule has 0 aliphatic carbocycles. The molecule has 27 heavy (non-hydrogen) atoms. The Morgan fingerprint density at radius 2 is 2.07 bits per heavy atom. The number of aromatic nitrogens is 4. The summed E-state index contributed by atoms with van der Waals surface area (Å²) in [7, 11) is 1.40. The number of aryl methyl sites for hydroxylation is 1. The van der Waals surface area contributed by atoms with Crippen LogP contribution in [0.25, 0.3) is 11.5 Å². The molecular weight excluding hydrogens is 387 g/mol. The first-order valence-corrected chi connectivity index (χ1v) is 7.91. The van der Waals surface area contributed by atoms with Gasteiger partial charge in [-0.05, 0) is 25.1 Å². The Hall–Kier alpha value is -3.01. The molecule has 142 valence electrons. The summed E-state index contributed by atoms with van der Waals surface area (Å²) in [5, 5.41) is 9.18. The molecule has 0 unspecified atom stereocenters. The van der Waals surface area contributed by atoms with E-state index in [-0.39, 0.29) is 34.2 Å². The Kier molecular flexibility index (Phi) is 4.83. The average Bonchev–Trinajstić information content (AvgIpc) is 3.20. The first-order chi connectivity index (χ1) is 12.7. The van der Waals surface area contributed by atoms with Gasteiger partial charge >= 0.3 is 6.18 Å². The van der Waals surface area contributed by atoms with E-state index in [1.165, 1.54) is 32.4 Å². The molecule has 3 N–H and O–H groups in total. The number of benzene rings is 1. The topological polar surface area (TPSA) is 95.7 Å². The third-order valence-electron chi connectivity index (χ3n) is 3.68. The van der Waals surface area contributed by atoms with Gasteiger partial charge in [0, 0.05) is 10.7 Å².